The molecule has 1 aromatic heterocycles. The molecule has 122 valence electrons. The summed E-state index contributed by atoms with van der Waals surface area (Å²) in [6.07, 6.45) is 2.50. The van der Waals surface area contributed by atoms with E-state index in [9.17, 15) is 4.79 Å². The number of hydrogen-bond acceptors (Lipinski definition) is 4. The summed E-state index contributed by atoms with van der Waals surface area (Å²) >= 11 is 1.46. The Morgan fingerprint density at radius 2 is 2.09 bits per heavy atom. The first-order chi connectivity index (χ1) is 11.1. The van der Waals surface area contributed by atoms with Gasteiger partial charge in [-0.25, -0.2) is 4.98 Å². The molecular weight excluding hydrogens is 308 g/mol. The molecule has 1 heterocycles. The lowest BCUT2D eigenvalue weighted by atomic mass is 10.1. The van der Waals surface area contributed by atoms with Gasteiger partial charge in [0.05, 0.1) is 17.4 Å². The number of benzene rings is 1. The average Bonchev–Trinajstić information content (AvgIpc) is 2.55. The van der Waals surface area contributed by atoms with Crippen molar-refractivity contribution in [3.63, 3.8) is 0 Å². The smallest absolute Gasteiger partial charge is 0.233 e. The summed E-state index contributed by atoms with van der Waals surface area (Å²) in [4.78, 5) is 16.5. The molecule has 0 fully saturated rings. The number of pyridine rings is 1. The molecule has 1 N–H and O–H groups in total. The van der Waals surface area contributed by atoms with Crippen LogP contribution in [0.15, 0.2) is 53.7 Å². The third-order valence-electron chi connectivity index (χ3n) is 3.37. The van der Waals surface area contributed by atoms with E-state index in [-0.39, 0.29) is 17.2 Å². The summed E-state index contributed by atoms with van der Waals surface area (Å²) in [5.74, 6) is 0.858. The molecule has 1 amide bonds. The second-order valence-electron chi connectivity index (χ2n) is 5.39. The first kappa shape index (κ1) is 17.3. The minimum absolute atomic E-state index is 0.0241. The number of nitrogens with one attached hydrogen (secondary N) is 1. The predicted octanol–water partition coefficient (Wildman–Crippen LogP) is 3.32. The highest BCUT2D eigenvalue weighted by Crippen LogP contribution is 2.20. The van der Waals surface area contributed by atoms with Crippen molar-refractivity contribution in [2.75, 3.05) is 7.11 Å². The Morgan fingerprint density at radius 3 is 2.78 bits per heavy atom. The van der Waals surface area contributed by atoms with Crippen molar-refractivity contribution in [1.29, 1.82) is 0 Å². The van der Waals surface area contributed by atoms with E-state index in [1.165, 1.54) is 11.8 Å². The molecule has 2 aromatic rings. The van der Waals surface area contributed by atoms with Crippen LogP contribution >= 0.6 is 11.8 Å². The van der Waals surface area contributed by atoms with Gasteiger partial charge in [0.25, 0.3) is 0 Å². The van der Waals surface area contributed by atoms with Gasteiger partial charge < -0.3 is 10.1 Å². The number of amides is 1. The standard InChI is InChI=1S/C18H22N2O2S/c1-13(11-15-7-6-8-16(12-15)22-3)20-18(21)14(2)23-17-9-4-5-10-19-17/h4-10,12-14H,11H2,1-3H3,(H,20,21)/t13-,14+/m0/s1. The van der Waals surface area contributed by atoms with E-state index in [4.69, 9.17) is 4.74 Å². The number of nitrogens with zero attached hydrogens (tertiary/aromatic N) is 1. The van der Waals surface area contributed by atoms with Crippen LogP contribution in [-0.2, 0) is 11.2 Å². The molecule has 0 aliphatic rings. The molecule has 0 spiro atoms. The van der Waals surface area contributed by atoms with Gasteiger partial charge in [-0.1, -0.05) is 30.0 Å². The van der Waals surface area contributed by atoms with Crippen molar-refractivity contribution in [1.82, 2.24) is 10.3 Å². The monoisotopic (exact) mass is 330 g/mol. The number of carbonyl (C=O) groups excluding carboxylic acids is 1. The van der Waals surface area contributed by atoms with E-state index in [0.29, 0.717) is 0 Å². The maximum atomic E-state index is 12.3. The summed E-state index contributed by atoms with van der Waals surface area (Å²) in [6, 6.07) is 13.7. The van der Waals surface area contributed by atoms with Crippen LogP contribution < -0.4 is 10.1 Å². The highest BCUT2D eigenvalue weighted by molar-refractivity contribution is 8.00. The van der Waals surface area contributed by atoms with Crippen LogP contribution in [0.1, 0.15) is 19.4 Å². The number of rotatable bonds is 7. The molecule has 0 radical (unpaired) electrons. The van der Waals surface area contributed by atoms with Crippen LogP contribution in [0.25, 0.3) is 0 Å². The zero-order valence-electron chi connectivity index (χ0n) is 13.7. The third kappa shape index (κ3) is 5.60. The maximum Gasteiger partial charge on any atom is 0.233 e. The quantitative estimate of drug-likeness (QED) is 0.791. The van der Waals surface area contributed by atoms with Gasteiger partial charge >= 0.3 is 0 Å². The van der Waals surface area contributed by atoms with Crippen LogP contribution in [0, 0.1) is 0 Å². The van der Waals surface area contributed by atoms with Gasteiger partial charge in [-0.2, -0.15) is 0 Å². The van der Waals surface area contributed by atoms with Crippen molar-refractivity contribution in [3.05, 3.63) is 54.2 Å². The predicted molar refractivity (Wildman–Crippen MR) is 93.9 cm³/mol. The van der Waals surface area contributed by atoms with E-state index in [1.807, 2.05) is 56.3 Å². The molecule has 2 atom stereocenters. The highest BCUT2D eigenvalue weighted by atomic mass is 32.2. The van der Waals surface area contributed by atoms with Gasteiger partial charge in [0.2, 0.25) is 5.91 Å². The van der Waals surface area contributed by atoms with E-state index < -0.39 is 0 Å². The van der Waals surface area contributed by atoms with E-state index in [0.717, 1.165) is 22.8 Å². The van der Waals surface area contributed by atoms with Gasteiger partial charge in [0.15, 0.2) is 0 Å². The average molecular weight is 330 g/mol. The summed E-state index contributed by atoms with van der Waals surface area (Å²) in [5.41, 5.74) is 1.14. The molecule has 0 saturated heterocycles. The van der Waals surface area contributed by atoms with E-state index >= 15 is 0 Å². The fraction of sp³-hybridized carbons (Fsp3) is 0.333. The normalized spacial score (nSPS) is 13.2. The maximum absolute atomic E-state index is 12.3. The number of hydrogen-bond donors (Lipinski definition) is 1. The van der Waals surface area contributed by atoms with Gasteiger partial charge in [0.1, 0.15) is 5.75 Å². The largest absolute Gasteiger partial charge is 0.497 e. The Balaban J connectivity index is 1.86. The lowest BCUT2D eigenvalue weighted by molar-refractivity contribution is -0.120. The van der Waals surface area contributed by atoms with Crippen molar-refractivity contribution in [3.8, 4) is 5.75 Å². The van der Waals surface area contributed by atoms with Crippen LogP contribution in [0.2, 0.25) is 0 Å². The minimum Gasteiger partial charge on any atom is -0.497 e. The van der Waals surface area contributed by atoms with E-state index in [2.05, 4.69) is 10.3 Å². The Hall–Kier alpha value is -2.01. The number of methoxy groups -OCH3 is 1. The van der Waals surface area contributed by atoms with Gasteiger partial charge in [0, 0.05) is 12.2 Å². The fourth-order valence-corrected chi connectivity index (χ4v) is 3.03. The fourth-order valence-electron chi connectivity index (χ4n) is 2.22. The first-order valence-electron chi connectivity index (χ1n) is 7.59. The molecule has 4 nitrogen and oxygen atoms in total. The van der Waals surface area contributed by atoms with Crippen molar-refractivity contribution >= 4 is 17.7 Å². The van der Waals surface area contributed by atoms with Crippen LogP contribution in [0.4, 0.5) is 0 Å². The zero-order valence-corrected chi connectivity index (χ0v) is 14.5. The van der Waals surface area contributed by atoms with Crippen molar-refractivity contribution in [2.24, 2.45) is 0 Å². The molecule has 0 bridgehead atoms. The molecule has 0 unspecified atom stereocenters. The third-order valence-corrected chi connectivity index (χ3v) is 4.42. The highest BCUT2D eigenvalue weighted by Gasteiger charge is 2.17. The number of aromatic nitrogens is 1. The molecular formula is C18H22N2O2S. The van der Waals surface area contributed by atoms with Gasteiger partial charge in [-0.3, -0.25) is 4.79 Å². The lowest BCUT2D eigenvalue weighted by Crippen LogP contribution is -2.38. The number of carbonyl (C=O) groups is 1. The molecule has 0 saturated carbocycles. The topological polar surface area (TPSA) is 51.2 Å². The summed E-state index contributed by atoms with van der Waals surface area (Å²) in [5, 5.41) is 3.73. The van der Waals surface area contributed by atoms with Crippen LogP contribution in [0.5, 0.6) is 5.75 Å². The summed E-state index contributed by atoms with van der Waals surface area (Å²) < 4.78 is 5.22. The molecule has 2 rings (SSSR count). The minimum atomic E-state index is -0.183. The summed E-state index contributed by atoms with van der Waals surface area (Å²) in [6.45, 7) is 3.91. The van der Waals surface area contributed by atoms with Crippen LogP contribution in [-0.4, -0.2) is 29.3 Å². The van der Waals surface area contributed by atoms with Crippen LogP contribution in [0.3, 0.4) is 0 Å². The van der Waals surface area contributed by atoms with Gasteiger partial charge in [-0.05, 0) is 50.1 Å². The second kappa shape index (κ2) is 8.58. The molecule has 1 aromatic carbocycles. The lowest BCUT2D eigenvalue weighted by Gasteiger charge is -2.17. The SMILES string of the molecule is COc1cccc(C[C@H](C)NC(=O)[C@@H](C)Sc2ccccn2)c1. The first-order valence-corrected chi connectivity index (χ1v) is 8.47. The molecule has 0 aliphatic carbocycles. The van der Waals surface area contributed by atoms with E-state index in [1.54, 1.807) is 13.3 Å². The Bertz CT molecular complexity index is 634. The second-order valence-corrected chi connectivity index (χ2v) is 6.75. The Kier molecular flexibility index (Phi) is 6.47. The molecule has 5 heteroatoms. The Morgan fingerprint density at radius 1 is 1.26 bits per heavy atom. The number of thioether (sulfide) groups is 1. The van der Waals surface area contributed by atoms with Crippen molar-refractivity contribution < 1.29 is 9.53 Å². The molecule has 0 aliphatic heterocycles. The van der Waals surface area contributed by atoms with Gasteiger partial charge in [-0.15, -0.1) is 0 Å². The molecule has 23 heavy (non-hydrogen) atoms. The number of ether oxygens (including phenoxy) is 1. The Labute approximate surface area is 141 Å². The zero-order chi connectivity index (χ0) is 16.7. The van der Waals surface area contributed by atoms with Crippen molar-refractivity contribution in [2.45, 2.75) is 36.6 Å². The summed E-state index contributed by atoms with van der Waals surface area (Å²) in [7, 11) is 1.65.